The standard InChI is InChI=1S/C30H29Cl2N3O4S/c1-33-30(37)28(18-21-9-4-3-5-10-21)34(19-22-15-16-25(31)26(32)17-22)29(36)20-35(40(2,38)39)27-14-8-12-23-11-6-7-13-24(23)27/h3-17,28H,18-20H2,1-2H3,(H,33,37)/t28-/m1/s1. The average Bonchev–Trinajstić information content (AvgIpc) is 2.94. The zero-order valence-corrected chi connectivity index (χ0v) is 24.4. The fraction of sp³-hybridized carbons (Fsp3) is 0.200. The molecule has 0 aliphatic carbocycles. The minimum absolute atomic E-state index is 0.00772. The number of hydrogen-bond donors (Lipinski definition) is 1. The van der Waals surface area contributed by atoms with Gasteiger partial charge in [-0.15, -0.1) is 0 Å². The van der Waals surface area contributed by atoms with Gasteiger partial charge in [0.15, 0.2) is 0 Å². The predicted octanol–water partition coefficient (Wildman–Crippen LogP) is 5.30. The van der Waals surface area contributed by atoms with Crippen molar-refractivity contribution in [2.45, 2.75) is 19.0 Å². The summed E-state index contributed by atoms with van der Waals surface area (Å²) in [5.74, 6) is -0.928. The third kappa shape index (κ3) is 6.94. The van der Waals surface area contributed by atoms with Crippen molar-refractivity contribution < 1.29 is 18.0 Å². The molecule has 1 atom stereocenters. The molecular weight excluding hydrogens is 569 g/mol. The molecule has 0 spiro atoms. The van der Waals surface area contributed by atoms with Crippen LogP contribution in [0, 0.1) is 0 Å². The molecule has 0 aliphatic heterocycles. The van der Waals surface area contributed by atoms with Crippen LogP contribution in [0.5, 0.6) is 0 Å². The highest BCUT2D eigenvalue weighted by Crippen LogP contribution is 2.29. The van der Waals surface area contributed by atoms with E-state index in [2.05, 4.69) is 5.32 Å². The zero-order chi connectivity index (χ0) is 28.9. The number of nitrogens with one attached hydrogen (secondary N) is 1. The molecule has 7 nitrogen and oxygen atoms in total. The van der Waals surface area contributed by atoms with E-state index in [-0.39, 0.29) is 18.9 Å². The van der Waals surface area contributed by atoms with Gasteiger partial charge in [0.1, 0.15) is 12.6 Å². The van der Waals surface area contributed by atoms with Crippen molar-refractivity contribution in [2.75, 3.05) is 24.2 Å². The van der Waals surface area contributed by atoms with Crippen LogP contribution in [0.15, 0.2) is 91.0 Å². The number of benzene rings is 4. The van der Waals surface area contributed by atoms with Crippen molar-refractivity contribution in [2.24, 2.45) is 0 Å². The lowest BCUT2D eigenvalue weighted by atomic mass is 10.0. The minimum Gasteiger partial charge on any atom is -0.357 e. The van der Waals surface area contributed by atoms with Crippen molar-refractivity contribution in [3.05, 3.63) is 112 Å². The number of sulfonamides is 1. The number of rotatable bonds is 10. The minimum atomic E-state index is -3.89. The fourth-order valence-corrected chi connectivity index (χ4v) is 5.76. The second kappa shape index (κ2) is 12.7. The van der Waals surface area contributed by atoms with Crippen LogP contribution in [0.1, 0.15) is 11.1 Å². The molecule has 10 heteroatoms. The number of nitrogens with zero attached hydrogens (tertiary/aromatic N) is 2. The largest absolute Gasteiger partial charge is 0.357 e. The van der Waals surface area contributed by atoms with Gasteiger partial charge >= 0.3 is 0 Å². The molecule has 4 rings (SSSR count). The zero-order valence-electron chi connectivity index (χ0n) is 22.1. The van der Waals surface area contributed by atoms with Crippen LogP contribution in [0.3, 0.4) is 0 Å². The lowest BCUT2D eigenvalue weighted by Gasteiger charge is -2.33. The first-order valence-corrected chi connectivity index (χ1v) is 15.1. The number of carbonyl (C=O) groups is 2. The first-order valence-electron chi connectivity index (χ1n) is 12.5. The molecule has 0 bridgehead atoms. The van der Waals surface area contributed by atoms with Crippen LogP contribution in [-0.2, 0) is 32.6 Å². The van der Waals surface area contributed by atoms with Crippen molar-refractivity contribution in [1.82, 2.24) is 10.2 Å². The Morgan fingerprint density at radius 3 is 2.20 bits per heavy atom. The second-order valence-electron chi connectivity index (χ2n) is 9.36. The maximum Gasteiger partial charge on any atom is 0.244 e. The summed E-state index contributed by atoms with van der Waals surface area (Å²) in [6, 6.07) is 26.0. The summed E-state index contributed by atoms with van der Waals surface area (Å²) in [7, 11) is -2.39. The Kier molecular flexibility index (Phi) is 9.35. The third-order valence-electron chi connectivity index (χ3n) is 6.57. The summed E-state index contributed by atoms with van der Waals surface area (Å²) in [4.78, 5) is 28.7. The highest BCUT2D eigenvalue weighted by molar-refractivity contribution is 7.92. The number of likely N-dealkylation sites (N-methyl/N-ethyl adjacent to an activating group) is 1. The summed E-state index contributed by atoms with van der Waals surface area (Å²) < 4.78 is 27.2. The highest BCUT2D eigenvalue weighted by Gasteiger charge is 2.33. The molecule has 0 fully saturated rings. The average molecular weight is 599 g/mol. The van der Waals surface area contributed by atoms with Crippen LogP contribution in [-0.4, -0.2) is 51.0 Å². The molecule has 4 aromatic carbocycles. The van der Waals surface area contributed by atoms with Gasteiger partial charge in [0.25, 0.3) is 0 Å². The normalized spacial score (nSPS) is 12.1. The number of anilines is 1. The monoisotopic (exact) mass is 597 g/mol. The van der Waals surface area contributed by atoms with Crippen LogP contribution in [0.25, 0.3) is 10.8 Å². The Morgan fingerprint density at radius 2 is 1.52 bits per heavy atom. The SMILES string of the molecule is CNC(=O)[C@@H](Cc1ccccc1)N(Cc1ccc(Cl)c(Cl)c1)C(=O)CN(c1cccc2ccccc12)S(C)(=O)=O. The van der Waals surface area contributed by atoms with Gasteiger partial charge in [-0.05, 0) is 34.7 Å². The molecule has 2 amide bonds. The summed E-state index contributed by atoms with van der Waals surface area (Å²) in [5, 5.41) is 4.84. The molecule has 0 aromatic heterocycles. The number of halogens is 2. The number of hydrogen-bond acceptors (Lipinski definition) is 4. The van der Waals surface area contributed by atoms with Gasteiger partial charge in [-0.2, -0.15) is 0 Å². The van der Waals surface area contributed by atoms with Crippen molar-refractivity contribution >= 4 is 61.5 Å². The molecular formula is C30H29Cl2N3O4S. The van der Waals surface area contributed by atoms with Crippen LogP contribution in [0.2, 0.25) is 10.0 Å². The molecule has 1 N–H and O–H groups in total. The van der Waals surface area contributed by atoms with E-state index in [0.717, 1.165) is 21.5 Å². The summed E-state index contributed by atoms with van der Waals surface area (Å²) in [6.07, 6.45) is 1.28. The Hall–Kier alpha value is -3.59. The Balaban J connectivity index is 1.78. The second-order valence-corrected chi connectivity index (χ2v) is 12.1. The molecule has 0 aliphatic rings. The van der Waals surface area contributed by atoms with E-state index in [0.29, 0.717) is 26.7 Å². The van der Waals surface area contributed by atoms with Gasteiger partial charge < -0.3 is 10.2 Å². The smallest absolute Gasteiger partial charge is 0.244 e. The maximum atomic E-state index is 14.1. The Morgan fingerprint density at radius 1 is 0.850 bits per heavy atom. The Bertz CT molecular complexity index is 1630. The van der Waals surface area contributed by atoms with Gasteiger partial charge in [0.2, 0.25) is 21.8 Å². The molecule has 4 aromatic rings. The number of carbonyl (C=O) groups excluding carboxylic acids is 2. The van der Waals surface area contributed by atoms with Gasteiger partial charge in [-0.3, -0.25) is 13.9 Å². The molecule has 0 unspecified atom stereocenters. The molecule has 0 heterocycles. The molecule has 40 heavy (non-hydrogen) atoms. The van der Waals surface area contributed by atoms with Gasteiger partial charge in [0, 0.05) is 25.4 Å². The van der Waals surface area contributed by atoms with Crippen LogP contribution < -0.4 is 9.62 Å². The fourth-order valence-electron chi connectivity index (χ4n) is 4.58. The lowest BCUT2D eigenvalue weighted by Crippen LogP contribution is -2.52. The van der Waals surface area contributed by atoms with E-state index in [1.807, 2.05) is 60.7 Å². The molecule has 0 radical (unpaired) electrons. The summed E-state index contributed by atoms with van der Waals surface area (Å²) >= 11 is 12.4. The van der Waals surface area contributed by atoms with Gasteiger partial charge in [0.05, 0.1) is 22.0 Å². The van der Waals surface area contributed by atoms with Crippen LogP contribution >= 0.6 is 23.2 Å². The van der Waals surface area contributed by atoms with Gasteiger partial charge in [-0.1, -0.05) is 96.0 Å². The highest BCUT2D eigenvalue weighted by atomic mass is 35.5. The predicted molar refractivity (Wildman–Crippen MR) is 161 cm³/mol. The molecule has 0 saturated heterocycles. The van der Waals surface area contributed by atoms with E-state index in [1.54, 1.807) is 30.3 Å². The van der Waals surface area contributed by atoms with Crippen molar-refractivity contribution in [1.29, 1.82) is 0 Å². The molecule has 0 saturated carbocycles. The van der Waals surface area contributed by atoms with Crippen LogP contribution in [0.4, 0.5) is 5.69 Å². The third-order valence-corrected chi connectivity index (χ3v) is 8.43. The quantitative estimate of drug-likeness (QED) is 0.269. The first kappa shape index (κ1) is 29.4. The summed E-state index contributed by atoms with van der Waals surface area (Å²) in [6.45, 7) is -0.496. The van der Waals surface area contributed by atoms with Crippen molar-refractivity contribution in [3.63, 3.8) is 0 Å². The van der Waals surface area contributed by atoms with E-state index < -0.39 is 28.5 Å². The molecule has 208 valence electrons. The summed E-state index contributed by atoms with van der Waals surface area (Å²) in [5.41, 5.74) is 1.86. The number of fused-ring (bicyclic) bond motifs is 1. The van der Waals surface area contributed by atoms with Crippen molar-refractivity contribution in [3.8, 4) is 0 Å². The van der Waals surface area contributed by atoms with E-state index >= 15 is 0 Å². The number of amides is 2. The van der Waals surface area contributed by atoms with E-state index in [9.17, 15) is 18.0 Å². The van der Waals surface area contributed by atoms with E-state index in [4.69, 9.17) is 23.2 Å². The van der Waals surface area contributed by atoms with Gasteiger partial charge in [-0.25, -0.2) is 8.42 Å². The maximum absolute atomic E-state index is 14.1. The Labute approximate surface area is 244 Å². The lowest BCUT2D eigenvalue weighted by molar-refractivity contribution is -0.139. The topological polar surface area (TPSA) is 86.8 Å². The first-order chi connectivity index (χ1) is 19.1. The van der Waals surface area contributed by atoms with E-state index in [1.165, 1.54) is 11.9 Å².